The van der Waals surface area contributed by atoms with Gasteiger partial charge in [-0.1, -0.05) is 20.8 Å². The summed E-state index contributed by atoms with van der Waals surface area (Å²) in [4.78, 5) is 0. The first kappa shape index (κ1) is 18.3. The summed E-state index contributed by atoms with van der Waals surface area (Å²) in [6.45, 7) is 7.71. The smallest absolute Gasteiger partial charge is 0.0459 e. The monoisotopic (exact) mass is 348 g/mol. The second-order valence-electron chi connectivity index (χ2n) is 10.8. The van der Waals surface area contributed by atoms with E-state index < -0.39 is 0 Å². The molecule has 0 amide bonds. The predicted molar refractivity (Wildman–Crippen MR) is 103 cm³/mol. The molecule has 3 nitrogen and oxygen atoms in total. The van der Waals surface area contributed by atoms with Gasteiger partial charge in [0.2, 0.25) is 0 Å². The zero-order valence-electron chi connectivity index (χ0n) is 16.6. The molecule has 3 heteroatoms. The zero-order valence-corrected chi connectivity index (χ0v) is 16.6. The lowest BCUT2D eigenvalue weighted by atomic mass is 9.43. The van der Waals surface area contributed by atoms with Gasteiger partial charge in [0.05, 0.1) is 0 Å². The molecule has 144 valence electrons. The van der Waals surface area contributed by atoms with E-state index in [0.717, 1.165) is 17.8 Å². The maximum atomic E-state index is 9.77. The van der Waals surface area contributed by atoms with Gasteiger partial charge < -0.3 is 16.6 Å². The summed E-state index contributed by atoms with van der Waals surface area (Å²) in [6.07, 6.45) is 10.2. The Morgan fingerprint density at radius 3 is 2.36 bits per heavy atom. The minimum absolute atomic E-state index is 0.338. The SMILES string of the molecule is C[C@H](CO)[C@H]1CC[C@H]2[C@@H]3[C@H](N)C[C@H]4C[C@H](N)CC[C@]4(C)[C@H]3CC[C@]12C. The molecule has 0 aromatic rings. The molecule has 5 N–H and O–H groups in total. The van der Waals surface area contributed by atoms with Crippen molar-refractivity contribution < 1.29 is 5.11 Å². The molecule has 0 aliphatic heterocycles. The van der Waals surface area contributed by atoms with E-state index >= 15 is 0 Å². The molecule has 4 saturated carbocycles. The van der Waals surface area contributed by atoms with E-state index in [1.165, 1.54) is 51.4 Å². The first-order valence-electron chi connectivity index (χ1n) is 10.9. The van der Waals surface area contributed by atoms with Crippen LogP contribution in [0, 0.1) is 46.3 Å². The van der Waals surface area contributed by atoms with Gasteiger partial charge in [0.1, 0.15) is 0 Å². The van der Waals surface area contributed by atoms with Gasteiger partial charge in [-0.05, 0) is 97.7 Å². The minimum atomic E-state index is 0.338. The summed E-state index contributed by atoms with van der Waals surface area (Å²) >= 11 is 0. The van der Waals surface area contributed by atoms with Crippen molar-refractivity contribution in [3.8, 4) is 0 Å². The molecule has 0 spiro atoms. The van der Waals surface area contributed by atoms with E-state index in [-0.39, 0.29) is 0 Å². The highest BCUT2D eigenvalue weighted by Crippen LogP contribution is 2.67. The Kier molecular flexibility index (Phi) is 4.53. The van der Waals surface area contributed by atoms with Crippen molar-refractivity contribution in [3.05, 3.63) is 0 Å². The van der Waals surface area contributed by atoms with Crippen LogP contribution in [-0.4, -0.2) is 23.8 Å². The quantitative estimate of drug-likeness (QED) is 0.715. The van der Waals surface area contributed by atoms with Gasteiger partial charge >= 0.3 is 0 Å². The van der Waals surface area contributed by atoms with Crippen LogP contribution < -0.4 is 11.5 Å². The molecule has 0 radical (unpaired) electrons. The van der Waals surface area contributed by atoms with Crippen molar-refractivity contribution in [2.75, 3.05) is 6.61 Å². The highest BCUT2D eigenvalue weighted by molar-refractivity contribution is 5.12. The van der Waals surface area contributed by atoms with Crippen LogP contribution in [0.4, 0.5) is 0 Å². The molecule has 0 saturated heterocycles. The van der Waals surface area contributed by atoms with Crippen LogP contribution in [0.3, 0.4) is 0 Å². The lowest BCUT2D eigenvalue weighted by Gasteiger charge is -2.63. The second-order valence-corrected chi connectivity index (χ2v) is 10.8. The summed E-state index contributed by atoms with van der Waals surface area (Å²) in [5.41, 5.74) is 14.1. The number of rotatable bonds is 2. The van der Waals surface area contributed by atoms with Gasteiger partial charge in [-0.15, -0.1) is 0 Å². The molecule has 10 atom stereocenters. The normalized spacial score (nSPS) is 56.6. The second kappa shape index (κ2) is 6.21. The van der Waals surface area contributed by atoms with Crippen LogP contribution >= 0.6 is 0 Å². The predicted octanol–water partition coefficient (Wildman–Crippen LogP) is 3.54. The average Bonchev–Trinajstić information content (AvgIpc) is 2.93. The van der Waals surface area contributed by atoms with Crippen LogP contribution in [0.25, 0.3) is 0 Å². The Balaban J connectivity index is 1.63. The van der Waals surface area contributed by atoms with Crippen molar-refractivity contribution in [3.63, 3.8) is 0 Å². The molecular formula is C22H40N2O. The Labute approximate surface area is 154 Å². The fourth-order valence-electron chi connectivity index (χ4n) is 8.46. The lowest BCUT2D eigenvalue weighted by molar-refractivity contribution is -0.125. The molecule has 4 aliphatic rings. The van der Waals surface area contributed by atoms with Crippen LogP contribution in [0.5, 0.6) is 0 Å². The minimum Gasteiger partial charge on any atom is -0.396 e. The largest absolute Gasteiger partial charge is 0.396 e. The van der Waals surface area contributed by atoms with Crippen molar-refractivity contribution in [2.45, 2.75) is 84.2 Å². The average molecular weight is 349 g/mol. The number of aliphatic hydroxyl groups excluding tert-OH is 1. The summed E-state index contributed by atoms with van der Waals surface area (Å²) in [5, 5.41) is 9.77. The van der Waals surface area contributed by atoms with E-state index in [4.69, 9.17) is 11.5 Å². The summed E-state index contributed by atoms with van der Waals surface area (Å²) in [5.74, 6) is 4.13. The highest BCUT2D eigenvalue weighted by atomic mass is 16.3. The van der Waals surface area contributed by atoms with Gasteiger partial charge in [0.25, 0.3) is 0 Å². The van der Waals surface area contributed by atoms with Crippen molar-refractivity contribution in [1.29, 1.82) is 0 Å². The molecular weight excluding hydrogens is 308 g/mol. The van der Waals surface area contributed by atoms with Crippen LogP contribution in [0.1, 0.15) is 72.1 Å². The van der Waals surface area contributed by atoms with Gasteiger partial charge in [-0.3, -0.25) is 0 Å². The molecule has 0 heterocycles. The lowest BCUT2D eigenvalue weighted by Crippen LogP contribution is -2.61. The number of nitrogens with two attached hydrogens (primary N) is 2. The first-order chi connectivity index (χ1) is 11.8. The van der Waals surface area contributed by atoms with E-state index in [9.17, 15) is 5.11 Å². The zero-order chi connectivity index (χ0) is 18.0. The highest BCUT2D eigenvalue weighted by Gasteiger charge is 2.62. The van der Waals surface area contributed by atoms with Crippen LogP contribution in [0.15, 0.2) is 0 Å². The van der Waals surface area contributed by atoms with Crippen LogP contribution in [-0.2, 0) is 0 Å². The molecule has 4 fully saturated rings. The fourth-order valence-corrected chi connectivity index (χ4v) is 8.46. The molecule has 0 aromatic heterocycles. The number of hydrogen-bond donors (Lipinski definition) is 3. The van der Waals surface area contributed by atoms with E-state index in [2.05, 4.69) is 20.8 Å². The van der Waals surface area contributed by atoms with Crippen molar-refractivity contribution in [2.24, 2.45) is 57.8 Å². The number of fused-ring (bicyclic) bond motifs is 5. The first-order valence-corrected chi connectivity index (χ1v) is 10.9. The third kappa shape index (κ3) is 2.56. The Morgan fingerprint density at radius 2 is 1.64 bits per heavy atom. The molecule has 25 heavy (non-hydrogen) atoms. The standard InChI is InChI=1S/C22H40N2O/c1-13(12-25)16-4-5-17-20-18(7-9-22(16,17)3)21(2)8-6-15(23)10-14(21)11-19(20)24/h13-20,25H,4-12,23-24H2,1-3H3/t13-,14-,15-,16-,17+,18+,19-,20+,21+,22-/m1/s1. The van der Waals surface area contributed by atoms with E-state index in [0.29, 0.717) is 47.3 Å². The van der Waals surface area contributed by atoms with Gasteiger partial charge in [0.15, 0.2) is 0 Å². The molecule has 0 bridgehead atoms. The molecule has 4 aliphatic carbocycles. The van der Waals surface area contributed by atoms with Crippen LogP contribution in [0.2, 0.25) is 0 Å². The maximum Gasteiger partial charge on any atom is 0.0459 e. The van der Waals surface area contributed by atoms with Crippen molar-refractivity contribution in [1.82, 2.24) is 0 Å². The third-order valence-corrected chi connectivity index (χ3v) is 9.85. The topological polar surface area (TPSA) is 72.3 Å². The van der Waals surface area contributed by atoms with Gasteiger partial charge in [-0.2, -0.15) is 0 Å². The maximum absolute atomic E-state index is 9.77. The molecule has 4 rings (SSSR count). The van der Waals surface area contributed by atoms with Gasteiger partial charge in [-0.25, -0.2) is 0 Å². The Morgan fingerprint density at radius 1 is 0.960 bits per heavy atom. The summed E-state index contributed by atoms with van der Waals surface area (Å²) in [6, 6.07) is 0.762. The fraction of sp³-hybridized carbons (Fsp3) is 1.00. The summed E-state index contributed by atoms with van der Waals surface area (Å²) < 4.78 is 0. The number of hydrogen-bond acceptors (Lipinski definition) is 3. The third-order valence-electron chi connectivity index (χ3n) is 9.85. The Bertz CT molecular complexity index is 510. The number of aliphatic hydroxyl groups is 1. The van der Waals surface area contributed by atoms with Gasteiger partial charge in [0, 0.05) is 18.7 Å². The molecule has 0 unspecified atom stereocenters. The van der Waals surface area contributed by atoms with E-state index in [1.54, 1.807) is 0 Å². The molecule has 0 aromatic carbocycles. The van der Waals surface area contributed by atoms with Crippen molar-refractivity contribution >= 4 is 0 Å². The van der Waals surface area contributed by atoms with E-state index in [1.807, 2.05) is 0 Å². The Hall–Kier alpha value is -0.120. The summed E-state index contributed by atoms with van der Waals surface area (Å²) in [7, 11) is 0.